The summed E-state index contributed by atoms with van der Waals surface area (Å²) in [7, 11) is 0. The second-order valence-corrected chi connectivity index (χ2v) is 16.9. The summed E-state index contributed by atoms with van der Waals surface area (Å²) in [5.41, 5.74) is 5.75. The number of ether oxygens (including phenoxy) is 2. The minimum atomic E-state index is -0.836. The van der Waals surface area contributed by atoms with Crippen molar-refractivity contribution in [2.75, 3.05) is 72.2 Å². The Balaban J connectivity index is 0.788. The number of rotatable bonds is 16. The van der Waals surface area contributed by atoms with Crippen LogP contribution in [0.25, 0.3) is 22.4 Å². The minimum absolute atomic E-state index is 0.150. The van der Waals surface area contributed by atoms with Crippen molar-refractivity contribution >= 4 is 29.8 Å². The topological polar surface area (TPSA) is 190 Å². The summed E-state index contributed by atoms with van der Waals surface area (Å²) in [6.07, 6.45) is 5.65. The molecule has 4 heterocycles. The van der Waals surface area contributed by atoms with E-state index in [2.05, 4.69) is 26.3 Å². The van der Waals surface area contributed by atoms with Crippen LogP contribution in [-0.2, 0) is 19.1 Å². The van der Waals surface area contributed by atoms with Gasteiger partial charge in [-0.1, -0.05) is 97.1 Å². The van der Waals surface area contributed by atoms with Crippen molar-refractivity contribution < 1.29 is 33.4 Å². The van der Waals surface area contributed by atoms with Gasteiger partial charge < -0.3 is 50.4 Å². The van der Waals surface area contributed by atoms with Gasteiger partial charge in [-0.25, -0.2) is 14.6 Å². The lowest BCUT2D eigenvalue weighted by molar-refractivity contribution is -0.134. The highest BCUT2D eigenvalue weighted by Crippen LogP contribution is 2.34. The lowest BCUT2D eigenvalue weighted by atomic mass is 10.0. The molecule has 0 radical (unpaired) electrons. The van der Waals surface area contributed by atoms with Crippen LogP contribution in [0.5, 0.6) is 0 Å². The van der Waals surface area contributed by atoms with E-state index in [0.717, 1.165) is 60.1 Å². The number of aromatic amines is 1. The number of amides is 7. The third kappa shape index (κ3) is 12.1. The molecule has 3 aliphatic heterocycles. The standard InChI is InChI=1S/C51H59N9O7/c61-47(52-24-8-3-9-25-53-48(62)44(39-11-4-1-5-12-39)56-50(64)58-27-31-66-32-28-58)41-22-18-37(19-23-41)36-16-20-38(21-17-36)42-35-54-46(55-42)43-15-10-26-60(43)49(63)45(40-13-6-2-7-14-40)57-51(65)59-29-33-67-34-30-59/h1-2,4-7,11-14,16-23,35,43-45H,3,8-10,15,24-34H2,(H,52,61)(H,53,62)(H,54,55)(H,56,64)(H,57,65)/t43-,44+,45+/m0/s1. The highest BCUT2D eigenvalue weighted by Gasteiger charge is 2.37. The fraction of sp³-hybridized carbons (Fsp3) is 0.373. The van der Waals surface area contributed by atoms with E-state index in [4.69, 9.17) is 14.5 Å². The van der Waals surface area contributed by atoms with E-state index in [9.17, 15) is 24.0 Å². The van der Waals surface area contributed by atoms with Gasteiger partial charge in [0, 0.05) is 51.4 Å². The van der Waals surface area contributed by atoms with Gasteiger partial charge in [-0.2, -0.15) is 0 Å². The number of carbonyl (C=O) groups is 5. The second-order valence-electron chi connectivity index (χ2n) is 16.9. The fourth-order valence-electron chi connectivity index (χ4n) is 8.68. The van der Waals surface area contributed by atoms with E-state index in [-0.39, 0.29) is 35.8 Å². The summed E-state index contributed by atoms with van der Waals surface area (Å²) in [5.74, 6) is 0.119. The Bertz CT molecular complexity index is 2420. The van der Waals surface area contributed by atoms with E-state index in [1.165, 1.54) is 0 Å². The number of likely N-dealkylation sites (tertiary alicyclic amines) is 1. The molecule has 0 saturated carbocycles. The Morgan fingerprint density at radius 3 is 1.73 bits per heavy atom. The molecule has 7 amide bonds. The zero-order chi connectivity index (χ0) is 46.4. The average Bonchev–Trinajstić information content (AvgIpc) is 4.09. The highest BCUT2D eigenvalue weighted by molar-refractivity contribution is 5.94. The van der Waals surface area contributed by atoms with Gasteiger partial charge in [0.15, 0.2) is 0 Å². The largest absolute Gasteiger partial charge is 0.378 e. The zero-order valence-corrected chi connectivity index (χ0v) is 37.7. The van der Waals surface area contributed by atoms with Crippen LogP contribution in [-0.4, -0.2) is 127 Å². The van der Waals surface area contributed by atoms with E-state index >= 15 is 0 Å². The van der Waals surface area contributed by atoms with Crippen molar-refractivity contribution in [1.82, 2.24) is 45.9 Å². The number of aromatic nitrogens is 2. The molecule has 0 bridgehead atoms. The minimum Gasteiger partial charge on any atom is -0.378 e. The van der Waals surface area contributed by atoms with Crippen LogP contribution in [0.1, 0.15) is 77.5 Å². The number of nitrogens with zero attached hydrogens (tertiary/aromatic N) is 4. The summed E-state index contributed by atoms with van der Waals surface area (Å²) in [4.78, 5) is 80.0. The van der Waals surface area contributed by atoms with Crippen molar-refractivity contribution in [2.45, 2.75) is 50.2 Å². The number of H-pyrrole nitrogens is 1. The first-order valence-corrected chi connectivity index (χ1v) is 23.3. The molecule has 0 unspecified atom stereocenters. The molecule has 3 atom stereocenters. The maximum Gasteiger partial charge on any atom is 0.318 e. The number of hydrogen-bond donors (Lipinski definition) is 5. The Labute approximate surface area is 390 Å². The Kier molecular flexibility index (Phi) is 15.9. The average molecular weight is 910 g/mol. The third-order valence-corrected chi connectivity index (χ3v) is 12.5. The normalized spacial score (nSPS) is 17.0. The molecule has 16 nitrogen and oxygen atoms in total. The van der Waals surface area contributed by atoms with Gasteiger partial charge in [-0.05, 0) is 72.1 Å². The van der Waals surface area contributed by atoms with Gasteiger partial charge >= 0.3 is 12.1 Å². The summed E-state index contributed by atoms with van der Waals surface area (Å²) in [6, 6.07) is 31.7. The Hall–Kier alpha value is -7.04. The van der Waals surface area contributed by atoms with Gasteiger partial charge in [0.2, 0.25) is 11.8 Å². The van der Waals surface area contributed by atoms with Crippen molar-refractivity contribution in [3.63, 3.8) is 0 Å². The third-order valence-electron chi connectivity index (χ3n) is 12.5. The molecule has 5 aromatic rings. The number of imidazole rings is 1. The molecule has 3 aliphatic rings. The van der Waals surface area contributed by atoms with E-state index in [0.29, 0.717) is 89.2 Å². The van der Waals surface area contributed by atoms with Crippen LogP contribution in [0.4, 0.5) is 9.59 Å². The van der Waals surface area contributed by atoms with Crippen LogP contribution in [0.2, 0.25) is 0 Å². The quantitative estimate of drug-likeness (QED) is 0.0747. The number of benzene rings is 4. The van der Waals surface area contributed by atoms with Gasteiger partial charge in [0.05, 0.1) is 44.4 Å². The van der Waals surface area contributed by atoms with Crippen LogP contribution in [0, 0.1) is 0 Å². The van der Waals surface area contributed by atoms with Crippen molar-refractivity contribution in [1.29, 1.82) is 0 Å². The number of hydrogen-bond acceptors (Lipinski definition) is 8. The first-order valence-electron chi connectivity index (χ1n) is 23.3. The van der Waals surface area contributed by atoms with E-state index in [1.54, 1.807) is 16.0 Å². The summed E-state index contributed by atoms with van der Waals surface area (Å²) in [6.45, 7) is 5.32. The Morgan fingerprint density at radius 1 is 0.612 bits per heavy atom. The number of morpholine rings is 2. The number of carbonyl (C=O) groups excluding carboxylic acids is 5. The maximum absolute atomic E-state index is 14.2. The lowest BCUT2D eigenvalue weighted by Crippen LogP contribution is -2.50. The zero-order valence-electron chi connectivity index (χ0n) is 37.7. The molecule has 0 spiro atoms. The van der Waals surface area contributed by atoms with Crippen LogP contribution in [0.15, 0.2) is 115 Å². The molecule has 3 saturated heterocycles. The molecule has 4 aromatic carbocycles. The highest BCUT2D eigenvalue weighted by atomic mass is 16.5. The maximum atomic E-state index is 14.2. The molecule has 350 valence electrons. The second kappa shape index (κ2) is 22.9. The summed E-state index contributed by atoms with van der Waals surface area (Å²) in [5, 5.41) is 11.9. The first kappa shape index (κ1) is 46.5. The summed E-state index contributed by atoms with van der Waals surface area (Å²) < 4.78 is 10.8. The molecule has 3 fully saturated rings. The number of unbranched alkanes of at least 4 members (excludes halogenated alkanes) is 2. The lowest BCUT2D eigenvalue weighted by Gasteiger charge is -2.32. The molecule has 1 aromatic heterocycles. The molecule has 67 heavy (non-hydrogen) atoms. The van der Waals surface area contributed by atoms with Crippen molar-refractivity contribution in [3.05, 3.63) is 138 Å². The van der Waals surface area contributed by atoms with Crippen LogP contribution < -0.4 is 21.3 Å². The molecule has 5 N–H and O–H groups in total. The SMILES string of the molecule is O=C(NCCCCCNC(=O)[C@H](NC(=O)N1CCOCC1)c1ccccc1)c1ccc(-c2ccc(-c3cnc([C@@H]4CCCN4C(=O)[C@H](NC(=O)N4CCOCC4)c4ccccc4)[nH]3)cc2)cc1. The number of urea groups is 2. The van der Waals surface area contributed by atoms with Crippen LogP contribution in [0.3, 0.4) is 0 Å². The van der Waals surface area contributed by atoms with Crippen molar-refractivity contribution in [3.8, 4) is 22.4 Å². The van der Waals surface area contributed by atoms with Crippen LogP contribution >= 0.6 is 0 Å². The monoisotopic (exact) mass is 909 g/mol. The fourth-order valence-corrected chi connectivity index (χ4v) is 8.68. The van der Waals surface area contributed by atoms with Gasteiger partial charge in [0.1, 0.15) is 17.9 Å². The molecular formula is C51H59N9O7. The smallest absolute Gasteiger partial charge is 0.318 e. The molecule has 8 rings (SSSR count). The van der Waals surface area contributed by atoms with Gasteiger partial charge in [0.25, 0.3) is 5.91 Å². The number of nitrogens with one attached hydrogen (secondary N) is 5. The van der Waals surface area contributed by atoms with Gasteiger partial charge in [-0.15, -0.1) is 0 Å². The predicted molar refractivity (Wildman–Crippen MR) is 253 cm³/mol. The first-order chi connectivity index (χ1) is 32.8. The summed E-state index contributed by atoms with van der Waals surface area (Å²) >= 11 is 0. The van der Waals surface area contributed by atoms with Gasteiger partial charge in [-0.3, -0.25) is 14.4 Å². The van der Waals surface area contributed by atoms with Crippen molar-refractivity contribution in [2.24, 2.45) is 0 Å². The van der Waals surface area contributed by atoms with E-state index < -0.39 is 12.1 Å². The Morgan fingerprint density at radius 2 is 1.13 bits per heavy atom. The van der Waals surface area contributed by atoms with E-state index in [1.807, 2.05) is 114 Å². The predicted octanol–water partition coefficient (Wildman–Crippen LogP) is 5.99. The molecule has 16 heteroatoms. The molecular weight excluding hydrogens is 851 g/mol. The molecule has 0 aliphatic carbocycles.